The zero-order valence-corrected chi connectivity index (χ0v) is 5.69. The number of hydrogen-bond donors (Lipinski definition) is 4. The Morgan fingerprint density at radius 1 is 1.20 bits per heavy atom. The molecule has 0 saturated carbocycles. The molecule has 0 heterocycles. The lowest BCUT2D eigenvalue weighted by atomic mass is 10.1. The van der Waals surface area contributed by atoms with Crippen LogP contribution in [0.25, 0.3) is 0 Å². The Hall–Kier alpha value is -0.160. The molecule has 0 fully saturated rings. The largest absolute Gasteiger partial charge is 0.396 e. The number of aliphatic hydroxyl groups is 4. The van der Waals surface area contributed by atoms with E-state index in [4.69, 9.17) is 20.4 Å². The molecule has 0 saturated heterocycles. The van der Waals surface area contributed by atoms with Crippen LogP contribution in [-0.2, 0) is 0 Å². The van der Waals surface area contributed by atoms with Crippen molar-refractivity contribution in [2.24, 2.45) is 0 Å². The average Bonchev–Trinajstić information content (AvgIpc) is 1.89. The van der Waals surface area contributed by atoms with Crippen molar-refractivity contribution in [2.75, 3.05) is 13.2 Å². The van der Waals surface area contributed by atoms with Gasteiger partial charge in [0.2, 0.25) is 0 Å². The van der Waals surface area contributed by atoms with Gasteiger partial charge in [-0.15, -0.1) is 0 Å². The highest BCUT2D eigenvalue weighted by atomic mass is 16.3. The Morgan fingerprint density at radius 2 is 1.80 bits per heavy atom. The van der Waals surface area contributed by atoms with Gasteiger partial charge in [0.15, 0.2) is 0 Å². The van der Waals surface area contributed by atoms with Gasteiger partial charge in [-0.1, -0.05) is 0 Å². The molecule has 1 atom stereocenters. The van der Waals surface area contributed by atoms with E-state index in [0.717, 1.165) is 0 Å². The van der Waals surface area contributed by atoms with Crippen molar-refractivity contribution in [3.8, 4) is 0 Å². The fourth-order valence-electron chi connectivity index (χ4n) is 0.570. The van der Waals surface area contributed by atoms with Gasteiger partial charge in [0.05, 0.1) is 6.10 Å². The maximum absolute atomic E-state index is 8.89. The maximum Gasteiger partial charge on any atom is 0.124 e. The first kappa shape index (κ1) is 9.84. The second-order valence-electron chi connectivity index (χ2n) is 1.99. The highest BCUT2D eigenvalue weighted by Gasteiger charge is 2.15. The first-order chi connectivity index (χ1) is 4.72. The molecule has 0 amide bonds. The molecule has 0 aromatic rings. The molecule has 4 nitrogen and oxygen atoms in total. The lowest BCUT2D eigenvalue weighted by Crippen LogP contribution is -2.20. The third-order valence-electron chi connectivity index (χ3n) is 1.16. The van der Waals surface area contributed by atoms with Gasteiger partial charge < -0.3 is 20.4 Å². The van der Waals surface area contributed by atoms with Crippen molar-refractivity contribution in [2.45, 2.75) is 18.9 Å². The quantitative estimate of drug-likeness (QED) is 0.405. The van der Waals surface area contributed by atoms with Gasteiger partial charge in [-0.3, -0.25) is 0 Å². The van der Waals surface area contributed by atoms with Crippen LogP contribution < -0.4 is 0 Å². The van der Waals surface area contributed by atoms with Crippen molar-refractivity contribution in [1.82, 2.24) is 0 Å². The molecule has 1 unspecified atom stereocenters. The minimum absolute atomic E-state index is 0.0706. The molecule has 0 aromatic carbocycles. The first-order valence-corrected chi connectivity index (χ1v) is 3.16. The molecule has 0 aliphatic rings. The van der Waals surface area contributed by atoms with Crippen LogP contribution in [0.15, 0.2) is 0 Å². The zero-order valence-electron chi connectivity index (χ0n) is 5.69. The lowest BCUT2D eigenvalue weighted by Gasteiger charge is -2.13. The highest BCUT2D eigenvalue weighted by Crippen LogP contribution is 2.09. The van der Waals surface area contributed by atoms with Gasteiger partial charge in [-0.25, -0.2) is 0 Å². The Kier molecular flexibility index (Phi) is 5.52. The van der Waals surface area contributed by atoms with Crippen LogP contribution in [-0.4, -0.2) is 39.7 Å². The fraction of sp³-hybridized carbons (Fsp3) is 0.833. The summed E-state index contributed by atoms with van der Waals surface area (Å²) < 4.78 is 0. The average molecular weight is 149 g/mol. The summed E-state index contributed by atoms with van der Waals surface area (Å²) in [5, 5.41) is 34.3. The zero-order chi connectivity index (χ0) is 7.98. The third-order valence-corrected chi connectivity index (χ3v) is 1.16. The summed E-state index contributed by atoms with van der Waals surface area (Å²) >= 11 is 0. The smallest absolute Gasteiger partial charge is 0.124 e. The van der Waals surface area contributed by atoms with Crippen LogP contribution in [0.3, 0.4) is 0 Å². The van der Waals surface area contributed by atoms with Crippen molar-refractivity contribution >= 4 is 0 Å². The standard InChI is InChI=1S/C6H13O4/c7-3-1-5(9)6(10)2-4-8/h5,7-10H,1-4H2. The molecule has 0 aliphatic heterocycles. The highest BCUT2D eigenvalue weighted by molar-refractivity contribution is 4.83. The van der Waals surface area contributed by atoms with E-state index in [0.29, 0.717) is 0 Å². The van der Waals surface area contributed by atoms with E-state index in [9.17, 15) is 0 Å². The van der Waals surface area contributed by atoms with E-state index < -0.39 is 6.10 Å². The Bertz CT molecular complexity index is 66.1. The lowest BCUT2D eigenvalue weighted by molar-refractivity contribution is 0.0618. The SMILES string of the molecule is OCC[C](O)C(O)CCO. The van der Waals surface area contributed by atoms with Gasteiger partial charge in [-0.05, 0) is 6.42 Å². The molecule has 10 heavy (non-hydrogen) atoms. The van der Waals surface area contributed by atoms with E-state index in [1.54, 1.807) is 0 Å². The van der Waals surface area contributed by atoms with Crippen LogP contribution in [0.4, 0.5) is 0 Å². The van der Waals surface area contributed by atoms with Gasteiger partial charge >= 0.3 is 0 Å². The molecule has 4 N–H and O–H groups in total. The Balaban J connectivity index is 3.38. The van der Waals surface area contributed by atoms with Crippen molar-refractivity contribution in [1.29, 1.82) is 0 Å². The summed E-state index contributed by atoms with van der Waals surface area (Å²) in [5.41, 5.74) is 0. The van der Waals surface area contributed by atoms with E-state index in [2.05, 4.69) is 0 Å². The molecule has 4 heteroatoms. The van der Waals surface area contributed by atoms with Crippen LogP contribution in [0.5, 0.6) is 0 Å². The van der Waals surface area contributed by atoms with Crippen molar-refractivity contribution < 1.29 is 20.4 Å². The van der Waals surface area contributed by atoms with Crippen LogP contribution in [0.2, 0.25) is 0 Å². The summed E-state index contributed by atoms with van der Waals surface area (Å²) in [7, 11) is 0. The summed E-state index contributed by atoms with van der Waals surface area (Å²) in [6.07, 6.45) is -0.985. The monoisotopic (exact) mass is 149 g/mol. The minimum atomic E-state index is -1.00. The molecule has 0 aromatic heterocycles. The molecular formula is C6H13O4. The molecule has 0 rings (SSSR count). The normalized spacial score (nSPS) is 14.1. The van der Waals surface area contributed by atoms with Crippen molar-refractivity contribution in [3.05, 3.63) is 6.10 Å². The topological polar surface area (TPSA) is 80.9 Å². The molecule has 1 radical (unpaired) electrons. The maximum atomic E-state index is 8.89. The van der Waals surface area contributed by atoms with Crippen LogP contribution in [0, 0.1) is 6.10 Å². The van der Waals surface area contributed by atoms with Crippen LogP contribution in [0.1, 0.15) is 12.8 Å². The van der Waals surface area contributed by atoms with E-state index >= 15 is 0 Å². The second-order valence-corrected chi connectivity index (χ2v) is 1.99. The molecule has 0 spiro atoms. The number of aliphatic hydroxyl groups excluding tert-OH is 4. The van der Waals surface area contributed by atoms with Crippen LogP contribution >= 0.6 is 0 Å². The number of rotatable bonds is 5. The predicted molar refractivity (Wildman–Crippen MR) is 34.6 cm³/mol. The number of hydrogen-bond acceptors (Lipinski definition) is 4. The van der Waals surface area contributed by atoms with E-state index in [-0.39, 0.29) is 32.2 Å². The van der Waals surface area contributed by atoms with Gasteiger partial charge in [0.25, 0.3) is 0 Å². The molecular weight excluding hydrogens is 136 g/mol. The fourth-order valence-corrected chi connectivity index (χ4v) is 0.570. The Morgan fingerprint density at radius 3 is 2.20 bits per heavy atom. The van der Waals surface area contributed by atoms with E-state index in [1.165, 1.54) is 0 Å². The molecule has 0 bridgehead atoms. The molecule has 0 aliphatic carbocycles. The summed E-state index contributed by atoms with van der Waals surface area (Å²) in [6, 6.07) is 0. The van der Waals surface area contributed by atoms with Gasteiger partial charge in [0, 0.05) is 19.6 Å². The third kappa shape index (κ3) is 3.79. The summed E-state index contributed by atoms with van der Waals surface area (Å²) in [5.74, 6) is 0. The van der Waals surface area contributed by atoms with Gasteiger partial charge in [-0.2, -0.15) is 0 Å². The van der Waals surface area contributed by atoms with Gasteiger partial charge in [0.1, 0.15) is 6.10 Å². The minimum Gasteiger partial charge on any atom is -0.396 e. The molecule has 61 valence electrons. The first-order valence-electron chi connectivity index (χ1n) is 3.16. The van der Waals surface area contributed by atoms with Crippen molar-refractivity contribution in [3.63, 3.8) is 0 Å². The second kappa shape index (κ2) is 5.61. The predicted octanol–water partition coefficient (Wildman–Crippen LogP) is -0.983. The summed E-state index contributed by atoms with van der Waals surface area (Å²) in [6.45, 7) is -0.356. The van der Waals surface area contributed by atoms with E-state index in [1.807, 2.05) is 0 Å². The summed E-state index contributed by atoms with van der Waals surface area (Å²) in [4.78, 5) is 0. The Labute approximate surface area is 59.7 Å².